The number of hydrogen-bond acceptors (Lipinski definition) is 4. The fourth-order valence-corrected chi connectivity index (χ4v) is 4.05. The van der Waals surface area contributed by atoms with Crippen LogP contribution in [0, 0.1) is 6.88 Å². The number of nitrogens with zero attached hydrogens (tertiary/aromatic N) is 3. The van der Waals surface area contributed by atoms with Gasteiger partial charge in [0.1, 0.15) is 17.7 Å². The lowest BCUT2D eigenvalue weighted by molar-refractivity contribution is 0.0640. The molecule has 0 unspecified atom stereocenters. The molecule has 0 atom stereocenters. The lowest BCUT2D eigenvalue weighted by Crippen LogP contribution is -2.25. The summed E-state index contributed by atoms with van der Waals surface area (Å²) >= 11 is 14.1. The van der Waals surface area contributed by atoms with E-state index < -0.39 is 24.9 Å². The molecule has 136 valence electrons. The maximum atomic E-state index is 13.2. The van der Waals surface area contributed by atoms with Gasteiger partial charge in [-0.1, -0.05) is 23.2 Å². The van der Waals surface area contributed by atoms with Crippen LogP contribution in [0.1, 0.15) is 28.0 Å². The van der Waals surface area contributed by atoms with E-state index in [0.717, 1.165) is 24.3 Å². The van der Waals surface area contributed by atoms with Gasteiger partial charge in [0.15, 0.2) is 0 Å². The standard InChI is InChI=1S/C15H15Cl2F2N3O2S/c1-8-20-22(15(23)21(8)14(18)19)12-7-13(11(17)6-10(12)16)24-9-2-4-25-5-3-9/h6-7,9,14H,2-5H2,1H3/i1T2. The molecule has 1 aromatic heterocycles. The summed E-state index contributed by atoms with van der Waals surface area (Å²) in [6.07, 6.45) is 1.62. The van der Waals surface area contributed by atoms with Crippen LogP contribution >= 0.6 is 35.0 Å². The molecule has 1 aliphatic heterocycles. The summed E-state index contributed by atoms with van der Waals surface area (Å²) in [5, 5.41) is 3.93. The van der Waals surface area contributed by atoms with Gasteiger partial charge in [-0.05, 0) is 37.3 Å². The maximum Gasteiger partial charge on any atom is 0.355 e. The molecular weight excluding hydrogens is 395 g/mol. The number of hydrogen-bond donors (Lipinski definition) is 0. The van der Waals surface area contributed by atoms with Crippen LogP contribution in [0.4, 0.5) is 8.78 Å². The van der Waals surface area contributed by atoms with E-state index in [4.69, 9.17) is 30.7 Å². The van der Waals surface area contributed by atoms with E-state index in [1.807, 2.05) is 11.8 Å². The summed E-state index contributed by atoms with van der Waals surface area (Å²) in [5.41, 5.74) is -1.21. The number of alkyl halides is 2. The maximum absolute atomic E-state index is 13.2. The van der Waals surface area contributed by atoms with Crippen LogP contribution in [0.2, 0.25) is 10.0 Å². The van der Waals surface area contributed by atoms with Gasteiger partial charge in [-0.2, -0.15) is 25.2 Å². The summed E-state index contributed by atoms with van der Waals surface area (Å²) in [6.45, 7) is -5.10. The van der Waals surface area contributed by atoms with Crippen molar-refractivity contribution in [3.63, 3.8) is 0 Å². The number of aryl methyl sites for hydroxylation is 1. The van der Waals surface area contributed by atoms with Crippen LogP contribution in [0.15, 0.2) is 16.9 Å². The highest BCUT2D eigenvalue weighted by molar-refractivity contribution is 7.99. The van der Waals surface area contributed by atoms with Gasteiger partial charge in [0.2, 0.25) is 0 Å². The Bertz CT molecular complexity index is 889. The quantitative estimate of drug-likeness (QED) is 0.748. The minimum Gasteiger partial charge on any atom is -0.489 e. The molecule has 0 bridgehead atoms. The second-order valence-electron chi connectivity index (χ2n) is 5.36. The first-order valence-corrected chi connectivity index (χ1v) is 9.28. The Morgan fingerprint density at radius 1 is 1.36 bits per heavy atom. The van der Waals surface area contributed by atoms with Crippen LogP contribution < -0.4 is 10.4 Å². The topological polar surface area (TPSA) is 49.1 Å². The Morgan fingerprint density at radius 3 is 2.68 bits per heavy atom. The van der Waals surface area contributed by atoms with E-state index in [-0.39, 0.29) is 32.2 Å². The molecule has 2 aromatic rings. The Kier molecular flexibility index (Phi) is 4.82. The Balaban J connectivity index is 2.05. The second-order valence-corrected chi connectivity index (χ2v) is 7.40. The van der Waals surface area contributed by atoms with Gasteiger partial charge in [0.25, 0.3) is 0 Å². The monoisotopic (exact) mass is 413 g/mol. The zero-order valence-corrected chi connectivity index (χ0v) is 15.1. The third-order valence-electron chi connectivity index (χ3n) is 3.72. The highest BCUT2D eigenvalue weighted by Gasteiger charge is 2.22. The molecule has 1 fully saturated rings. The first-order valence-electron chi connectivity index (χ1n) is 8.53. The van der Waals surface area contributed by atoms with Gasteiger partial charge in [-0.3, -0.25) is 0 Å². The van der Waals surface area contributed by atoms with E-state index >= 15 is 0 Å². The van der Waals surface area contributed by atoms with Crippen LogP contribution in [0.5, 0.6) is 5.75 Å². The molecule has 3 rings (SSSR count). The molecule has 0 amide bonds. The molecule has 1 aromatic carbocycles. The number of halogens is 4. The first-order chi connectivity index (χ1) is 12.8. The number of ether oxygens (including phenoxy) is 1. The summed E-state index contributed by atoms with van der Waals surface area (Å²) in [5.74, 6) is 1.49. The highest BCUT2D eigenvalue weighted by Crippen LogP contribution is 2.34. The molecule has 2 heterocycles. The number of aromatic nitrogens is 3. The predicted octanol–water partition coefficient (Wildman–Crippen LogP) is 4.32. The van der Waals surface area contributed by atoms with Crippen LogP contribution in [0.25, 0.3) is 5.69 Å². The van der Waals surface area contributed by atoms with E-state index in [1.54, 1.807) is 0 Å². The lowest BCUT2D eigenvalue weighted by Gasteiger charge is -2.23. The molecule has 5 nitrogen and oxygen atoms in total. The van der Waals surface area contributed by atoms with Gasteiger partial charge >= 0.3 is 12.2 Å². The lowest BCUT2D eigenvalue weighted by atomic mass is 10.2. The fourth-order valence-electron chi connectivity index (χ4n) is 2.48. The van der Waals surface area contributed by atoms with E-state index in [0.29, 0.717) is 4.68 Å². The van der Waals surface area contributed by atoms with Gasteiger partial charge in [0.05, 0.1) is 15.7 Å². The smallest absolute Gasteiger partial charge is 0.355 e. The molecule has 0 saturated carbocycles. The summed E-state index contributed by atoms with van der Waals surface area (Å²) in [4.78, 5) is 12.4. The van der Waals surface area contributed by atoms with Crippen molar-refractivity contribution in [1.29, 1.82) is 0 Å². The molecule has 0 N–H and O–H groups in total. The highest BCUT2D eigenvalue weighted by atomic mass is 35.5. The van der Waals surface area contributed by atoms with Gasteiger partial charge in [-0.15, -0.1) is 5.10 Å². The van der Waals surface area contributed by atoms with Crippen LogP contribution in [0.3, 0.4) is 0 Å². The summed E-state index contributed by atoms with van der Waals surface area (Å²) < 4.78 is 47.6. The molecule has 10 heteroatoms. The average molecular weight is 414 g/mol. The number of rotatable bonds is 4. The first kappa shape index (κ1) is 16.0. The van der Waals surface area contributed by atoms with Crippen molar-refractivity contribution in [3.8, 4) is 11.4 Å². The van der Waals surface area contributed by atoms with Gasteiger partial charge in [0, 0.05) is 8.81 Å². The van der Waals surface area contributed by atoms with Gasteiger partial charge < -0.3 is 4.74 Å². The predicted molar refractivity (Wildman–Crippen MR) is 94.8 cm³/mol. The molecular formula is C15H15Cl2F2N3O2S. The zero-order valence-electron chi connectivity index (χ0n) is 14.8. The van der Waals surface area contributed by atoms with Crippen molar-refractivity contribution in [3.05, 3.63) is 38.5 Å². The van der Waals surface area contributed by atoms with Crippen molar-refractivity contribution in [2.45, 2.75) is 32.4 Å². The summed E-state index contributed by atoms with van der Waals surface area (Å²) in [6, 6.07) is 2.71. The molecule has 1 saturated heterocycles. The summed E-state index contributed by atoms with van der Waals surface area (Å²) in [7, 11) is 0. The zero-order chi connectivity index (χ0) is 19.7. The van der Waals surface area contributed by atoms with E-state index in [2.05, 4.69) is 5.10 Å². The third-order valence-corrected chi connectivity index (χ3v) is 5.37. The number of thioether (sulfide) groups is 1. The Labute approximate surface area is 159 Å². The van der Waals surface area contributed by atoms with Crippen LogP contribution in [-0.2, 0) is 0 Å². The van der Waals surface area contributed by atoms with Crippen molar-refractivity contribution in [2.24, 2.45) is 0 Å². The molecule has 1 aliphatic rings. The van der Waals surface area contributed by atoms with Crippen LogP contribution in [-0.4, -0.2) is 32.0 Å². The van der Waals surface area contributed by atoms with Gasteiger partial charge in [-0.25, -0.2) is 9.36 Å². The molecule has 0 radical (unpaired) electrons. The van der Waals surface area contributed by atoms with Crippen molar-refractivity contribution in [1.82, 2.24) is 14.3 Å². The minimum absolute atomic E-state index is 0.00521. The number of benzene rings is 1. The molecule has 0 aliphatic carbocycles. The largest absolute Gasteiger partial charge is 0.489 e. The average Bonchev–Trinajstić information content (AvgIpc) is 2.96. The normalized spacial score (nSPS) is 17.0. The van der Waals surface area contributed by atoms with Crippen molar-refractivity contribution >= 4 is 35.0 Å². The Morgan fingerprint density at radius 2 is 2.08 bits per heavy atom. The van der Waals surface area contributed by atoms with E-state index in [9.17, 15) is 13.6 Å². The Hall–Kier alpha value is -1.25. The minimum atomic E-state index is -3.24. The SMILES string of the molecule is [3H]C([3H])c1nn(-c2cc(OC3CCSCC3)c(Cl)cc2Cl)c(=O)n1C(F)F. The fraction of sp³-hybridized carbons (Fsp3) is 0.467. The van der Waals surface area contributed by atoms with Crippen molar-refractivity contribution < 1.29 is 16.3 Å². The third kappa shape index (κ3) is 3.80. The van der Waals surface area contributed by atoms with Crippen molar-refractivity contribution in [2.75, 3.05) is 11.5 Å². The second kappa shape index (κ2) is 7.55. The molecule has 25 heavy (non-hydrogen) atoms. The van der Waals surface area contributed by atoms with E-state index in [1.165, 1.54) is 12.1 Å². The molecule has 0 spiro atoms.